The highest BCUT2D eigenvalue weighted by Gasteiger charge is 2.61. The maximum absolute atomic E-state index is 11.4. The number of hydrogen-bond donors (Lipinski definition) is 1. The van der Waals surface area contributed by atoms with Gasteiger partial charge in [-0.15, -0.1) is 0 Å². The molecule has 0 aromatic rings. The van der Waals surface area contributed by atoms with Crippen molar-refractivity contribution in [2.45, 2.75) is 155 Å². The SMILES string of the molecule is CCCCC(O)(CCCC)CCC[C@@H](C)[C@H]1CC[C@H]2[C@@H]3CC=C4C[C@@H](OCOC)C[C@H](OCOC)[C@]4(C)[C@H]3CC[C@]12C. The van der Waals surface area contributed by atoms with E-state index in [9.17, 15) is 5.11 Å². The fourth-order valence-corrected chi connectivity index (χ4v) is 10.7. The first-order valence-corrected chi connectivity index (χ1v) is 17.8. The van der Waals surface area contributed by atoms with Gasteiger partial charge in [-0.25, -0.2) is 0 Å². The molecule has 3 saturated carbocycles. The number of fused-ring (bicyclic) bond motifs is 5. The van der Waals surface area contributed by atoms with E-state index >= 15 is 0 Å². The lowest BCUT2D eigenvalue weighted by Gasteiger charge is -2.60. The zero-order chi connectivity index (χ0) is 30.4. The van der Waals surface area contributed by atoms with Crippen LogP contribution in [0.4, 0.5) is 0 Å². The molecule has 0 aliphatic heterocycles. The Morgan fingerprint density at radius 3 is 2.26 bits per heavy atom. The summed E-state index contributed by atoms with van der Waals surface area (Å²) in [4.78, 5) is 0. The summed E-state index contributed by atoms with van der Waals surface area (Å²) in [7, 11) is 3.43. The van der Waals surface area contributed by atoms with Crippen molar-refractivity contribution in [3.8, 4) is 0 Å². The van der Waals surface area contributed by atoms with Crippen LogP contribution >= 0.6 is 0 Å². The van der Waals surface area contributed by atoms with Gasteiger partial charge in [0.05, 0.1) is 17.8 Å². The highest BCUT2D eigenvalue weighted by atomic mass is 16.7. The quantitative estimate of drug-likeness (QED) is 0.135. The zero-order valence-electron chi connectivity index (χ0n) is 28.4. The van der Waals surface area contributed by atoms with Crippen molar-refractivity contribution in [1.82, 2.24) is 0 Å². The number of aliphatic hydroxyl groups is 1. The van der Waals surface area contributed by atoms with E-state index in [1.54, 1.807) is 19.8 Å². The van der Waals surface area contributed by atoms with E-state index < -0.39 is 5.60 Å². The first-order valence-electron chi connectivity index (χ1n) is 17.8. The monoisotopic (exact) mass is 590 g/mol. The Hall–Kier alpha value is -0.460. The van der Waals surface area contributed by atoms with Crippen LogP contribution in [-0.2, 0) is 18.9 Å². The van der Waals surface area contributed by atoms with Crippen LogP contribution in [-0.4, -0.2) is 50.7 Å². The maximum atomic E-state index is 11.4. The third-order valence-electron chi connectivity index (χ3n) is 13.0. The standard InChI is InChI=1S/C37H66O5/c1-8-10-19-37(38,20-11-9-2)21-12-13-27(3)31-16-17-32-30-15-14-28-23-29(41-25-39-6)24-34(42-26-40-7)36(28,5)33(30)18-22-35(31,32)4/h14,27,29-34,38H,8-13,15-26H2,1-7H3/t27-,29-,30+,31-,32+,33+,34+,35-,36+/m1/s1. The molecule has 42 heavy (non-hydrogen) atoms. The highest BCUT2D eigenvalue weighted by Crippen LogP contribution is 2.67. The minimum Gasteiger partial charge on any atom is -0.390 e. The average Bonchev–Trinajstić information content (AvgIpc) is 3.34. The van der Waals surface area contributed by atoms with E-state index in [0.717, 1.165) is 68.6 Å². The predicted octanol–water partition coefficient (Wildman–Crippen LogP) is 9.07. The Labute approximate surface area is 258 Å². The summed E-state index contributed by atoms with van der Waals surface area (Å²) in [6.07, 6.45) is 21.4. The Balaban J connectivity index is 1.43. The molecule has 4 aliphatic rings. The summed E-state index contributed by atoms with van der Waals surface area (Å²) in [5.41, 5.74) is 1.61. The van der Waals surface area contributed by atoms with Gasteiger partial charge in [0.15, 0.2) is 0 Å². The topological polar surface area (TPSA) is 57.2 Å². The second-order valence-corrected chi connectivity index (χ2v) is 15.4. The molecule has 0 unspecified atom stereocenters. The zero-order valence-corrected chi connectivity index (χ0v) is 28.4. The van der Waals surface area contributed by atoms with Crippen LogP contribution in [0.5, 0.6) is 0 Å². The van der Waals surface area contributed by atoms with E-state index in [4.69, 9.17) is 18.9 Å². The van der Waals surface area contributed by atoms with Crippen molar-refractivity contribution in [2.75, 3.05) is 27.8 Å². The molecule has 4 rings (SSSR count). The molecule has 5 heteroatoms. The smallest absolute Gasteiger partial charge is 0.146 e. The molecule has 0 heterocycles. The second-order valence-electron chi connectivity index (χ2n) is 15.4. The summed E-state index contributed by atoms with van der Waals surface area (Å²) in [6.45, 7) is 12.9. The van der Waals surface area contributed by atoms with Crippen LogP contribution in [0.1, 0.15) is 137 Å². The van der Waals surface area contributed by atoms with Gasteiger partial charge in [-0.2, -0.15) is 0 Å². The van der Waals surface area contributed by atoms with Crippen LogP contribution in [0, 0.1) is 40.4 Å². The minimum absolute atomic E-state index is 0.0564. The second kappa shape index (κ2) is 15.2. The number of unbranched alkanes of at least 4 members (excludes halogenated alkanes) is 2. The number of allylic oxidation sites excluding steroid dienone is 1. The van der Waals surface area contributed by atoms with E-state index in [0.29, 0.717) is 24.9 Å². The molecule has 244 valence electrons. The molecular weight excluding hydrogens is 524 g/mol. The van der Waals surface area contributed by atoms with Gasteiger partial charge in [0.1, 0.15) is 13.6 Å². The summed E-state index contributed by atoms with van der Waals surface area (Å²) in [5.74, 6) is 3.75. The van der Waals surface area contributed by atoms with Crippen molar-refractivity contribution in [3.63, 3.8) is 0 Å². The summed E-state index contributed by atoms with van der Waals surface area (Å²) < 4.78 is 23.2. The molecule has 9 atom stereocenters. The maximum Gasteiger partial charge on any atom is 0.146 e. The minimum atomic E-state index is -0.442. The molecular formula is C37H66O5. The Bertz CT molecular complexity index is 849. The van der Waals surface area contributed by atoms with Crippen molar-refractivity contribution in [2.24, 2.45) is 40.4 Å². The lowest BCUT2D eigenvalue weighted by atomic mass is 9.46. The Kier molecular flexibility index (Phi) is 12.5. The number of methoxy groups -OCH3 is 2. The molecule has 5 nitrogen and oxygen atoms in total. The molecule has 0 bridgehead atoms. The third-order valence-corrected chi connectivity index (χ3v) is 13.0. The van der Waals surface area contributed by atoms with Gasteiger partial charge in [-0.3, -0.25) is 0 Å². The molecule has 0 saturated heterocycles. The van der Waals surface area contributed by atoms with Gasteiger partial charge >= 0.3 is 0 Å². The van der Waals surface area contributed by atoms with Crippen LogP contribution in [0.25, 0.3) is 0 Å². The number of hydrogen-bond acceptors (Lipinski definition) is 5. The van der Waals surface area contributed by atoms with E-state index in [-0.39, 0.29) is 17.6 Å². The van der Waals surface area contributed by atoms with Gasteiger partial charge in [0.2, 0.25) is 0 Å². The van der Waals surface area contributed by atoms with Crippen molar-refractivity contribution in [3.05, 3.63) is 11.6 Å². The molecule has 4 aliphatic carbocycles. The summed E-state index contributed by atoms with van der Waals surface area (Å²) >= 11 is 0. The van der Waals surface area contributed by atoms with Gasteiger partial charge in [0.25, 0.3) is 0 Å². The van der Waals surface area contributed by atoms with Gasteiger partial charge in [-0.1, -0.05) is 84.8 Å². The fourth-order valence-electron chi connectivity index (χ4n) is 10.7. The van der Waals surface area contributed by atoms with Gasteiger partial charge < -0.3 is 24.1 Å². The van der Waals surface area contributed by atoms with Crippen molar-refractivity contribution >= 4 is 0 Å². The van der Waals surface area contributed by atoms with E-state index in [2.05, 4.69) is 40.7 Å². The Morgan fingerprint density at radius 1 is 0.929 bits per heavy atom. The molecule has 0 aromatic carbocycles. The molecule has 0 amide bonds. The first-order chi connectivity index (χ1) is 20.2. The Morgan fingerprint density at radius 2 is 1.60 bits per heavy atom. The largest absolute Gasteiger partial charge is 0.390 e. The lowest BCUT2D eigenvalue weighted by molar-refractivity contribution is -0.179. The molecule has 0 spiro atoms. The van der Waals surface area contributed by atoms with Crippen LogP contribution < -0.4 is 0 Å². The molecule has 0 aromatic heterocycles. The summed E-state index contributed by atoms with van der Waals surface area (Å²) in [6, 6.07) is 0. The lowest BCUT2D eigenvalue weighted by Crippen LogP contribution is -2.56. The van der Waals surface area contributed by atoms with Crippen LogP contribution in [0.3, 0.4) is 0 Å². The van der Waals surface area contributed by atoms with Gasteiger partial charge in [-0.05, 0) is 92.8 Å². The molecule has 0 radical (unpaired) electrons. The molecule has 1 N–H and O–H groups in total. The van der Waals surface area contributed by atoms with Gasteiger partial charge in [0, 0.05) is 26.1 Å². The average molecular weight is 591 g/mol. The first kappa shape index (κ1) is 34.4. The van der Waals surface area contributed by atoms with Crippen molar-refractivity contribution in [1.29, 1.82) is 0 Å². The molecule has 3 fully saturated rings. The van der Waals surface area contributed by atoms with Crippen molar-refractivity contribution < 1.29 is 24.1 Å². The highest BCUT2D eigenvalue weighted by molar-refractivity contribution is 5.28. The third kappa shape index (κ3) is 7.16. The predicted molar refractivity (Wildman–Crippen MR) is 171 cm³/mol. The number of ether oxygens (including phenoxy) is 4. The fraction of sp³-hybridized carbons (Fsp3) is 0.946. The number of rotatable bonds is 17. The van der Waals surface area contributed by atoms with Crippen LogP contribution in [0.2, 0.25) is 0 Å². The van der Waals surface area contributed by atoms with E-state index in [1.165, 1.54) is 57.8 Å². The van der Waals surface area contributed by atoms with E-state index in [1.807, 2.05) is 0 Å². The summed E-state index contributed by atoms with van der Waals surface area (Å²) in [5, 5.41) is 11.4. The van der Waals surface area contributed by atoms with Crippen LogP contribution in [0.15, 0.2) is 11.6 Å². The normalized spacial score (nSPS) is 37.1.